The summed E-state index contributed by atoms with van der Waals surface area (Å²) in [4.78, 5) is 22.5. The number of nitrogens with zero attached hydrogens (tertiary/aromatic N) is 2. The molecular formula is C15H15N5O2. The van der Waals surface area contributed by atoms with E-state index in [4.69, 9.17) is 10.5 Å². The highest BCUT2D eigenvalue weighted by atomic mass is 16.5. The number of ether oxygens (including phenoxy) is 1. The third-order valence-electron chi connectivity index (χ3n) is 2.97. The fraction of sp³-hybridized carbons (Fsp3) is 0.133. The lowest BCUT2D eigenvalue weighted by atomic mass is 10.3. The smallest absolute Gasteiger partial charge is 0.249 e. The molecule has 2 aromatic heterocycles. The molecule has 112 valence electrons. The Morgan fingerprint density at radius 1 is 1.18 bits per heavy atom. The van der Waals surface area contributed by atoms with Gasteiger partial charge in [-0.2, -0.15) is 4.98 Å². The van der Waals surface area contributed by atoms with Crippen molar-refractivity contribution in [3.63, 3.8) is 0 Å². The van der Waals surface area contributed by atoms with E-state index in [1.165, 1.54) is 6.07 Å². The lowest BCUT2D eigenvalue weighted by Crippen LogP contribution is -2.10. The van der Waals surface area contributed by atoms with Crippen LogP contribution in [0.4, 0.5) is 11.6 Å². The number of aromatic amines is 1. The third kappa shape index (κ3) is 3.21. The number of anilines is 2. The van der Waals surface area contributed by atoms with Gasteiger partial charge in [-0.1, -0.05) is 0 Å². The molecule has 2 heterocycles. The van der Waals surface area contributed by atoms with E-state index in [2.05, 4.69) is 20.3 Å². The molecule has 0 bridgehead atoms. The Kier molecular flexibility index (Phi) is 3.97. The average molecular weight is 297 g/mol. The van der Waals surface area contributed by atoms with E-state index in [1.807, 2.05) is 24.3 Å². The summed E-state index contributed by atoms with van der Waals surface area (Å²) in [6.45, 7) is 0.955. The van der Waals surface area contributed by atoms with Crippen molar-refractivity contribution >= 4 is 22.7 Å². The second-order valence-electron chi connectivity index (χ2n) is 4.61. The van der Waals surface area contributed by atoms with Crippen LogP contribution in [0.2, 0.25) is 0 Å². The number of hydrogen-bond donors (Lipinski definition) is 3. The molecule has 7 nitrogen and oxygen atoms in total. The minimum absolute atomic E-state index is 0.196. The number of nitrogens with two attached hydrogens (primary N) is 1. The molecule has 0 unspecified atom stereocenters. The molecule has 0 aliphatic heterocycles. The van der Waals surface area contributed by atoms with Crippen LogP contribution in [0.15, 0.2) is 47.4 Å². The molecule has 22 heavy (non-hydrogen) atoms. The van der Waals surface area contributed by atoms with E-state index >= 15 is 0 Å². The van der Waals surface area contributed by atoms with Crippen LogP contribution >= 0.6 is 0 Å². The van der Waals surface area contributed by atoms with Crippen molar-refractivity contribution in [3.05, 3.63) is 52.9 Å². The van der Waals surface area contributed by atoms with Crippen LogP contribution in [0.3, 0.4) is 0 Å². The second kappa shape index (κ2) is 6.23. The molecule has 0 atom stereocenters. The zero-order valence-corrected chi connectivity index (χ0v) is 11.7. The Morgan fingerprint density at radius 3 is 2.77 bits per heavy atom. The minimum Gasteiger partial charge on any atom is -0.492 e. The van der Waals surface area contributed by atoms with Crippen LogP contribution in [0.5, 0.6) is 5.75 Å². The first kappa shape index (κ1) is 14.0. The summed E-state index contributed by atoms with van der Waals surface area (Å²) in [5, 5.41) is 3.85. The number of rotatable bonds is 5. The molecule has 0 aliphatic rings. The maximum Gasteiger partial charge on any atom is 0.249 e. The number of nitrogens with one attached hydrogen (secondary N) is 2. The molecule has 7 heteroatoms. The molecule has 3 rings (SSSR count). The van der Waals surface area contributed by atoms with Crippen molar-refractivity contribution in [1.29, 1.82) is 0 Å². The van der Waals surface area contributed by atoms with Crippen LogP contribution < -0.4 is 21.3 Å². The van der Waals surface area contributed by atoms with Gasteiger partial charge in [-0.15, -0.1) is 0 Å². The summed E-state index contributed by atoms with van der Waals surface area (Å²) < 4.78 is 5.41. The molecule has 0 saturated carbocycles. The highest BCUT2D eigenvalue weighted by Crippen LogP contribution is 2.18. The van der Waals surface area contributed by atoms with Gasteiger partial charge in [-0.3, -0.25) is 4.79 Å². The minimum atomic E-state index is -0.196. The Morgan fingerprint density at radius 2 is 2.00 bits per heavy atom. The van der Waals surface area contributed by atoms with Gasteiger partial charge in [-0.05, 0) is 30.3 Å². The topological polar surface area (TPSA) is 106 Å². The largest absolute Gasteiger partial charge is 0.492 e. The quantitative estimate of drug-likeness (QED) is 0.657. The molecule has 0 radical (unpaired) electrons. The number of pyridine rings is 1. The maximum atomic E-state index is 11.3. The Bertz CT molecular complexity index is 829. The van der Waals surface area contributed by atoms with Gasteiger partial charge in [-0.25, -0.2) is 4.98 Å². The molecule has 3 aromatic rings. The van der Waals surface area contributed by atoms with Crippen LogP contribution in [0.25, 0.3) is 11.0 Å². The van der Waals surface area contributed by atoms with Crippen molar-refractivity contribution in [1.82, 2.24) is 15.0 Å². The summed E-state index contributed by atoms with van der Waals surface area (Å²) in [6, 6.07) is 10.5. The summed E-state index contributed by atoms with van der Waals surface area (Å²) in [5.74, 6) is 1.16. The Labute approximate surface area is 126 Å². The van der Waals surface area contributed by atoms with Crippen LogP contribution in [0, 0.1) is 0 Å². The van der Waals surface area contributed by atoms with Crippen LogP contribution in [0.1, 0.15) is 0 Å². The van der Waals surface area contributed by atoms with Gasteiger partial charge in [0.1, 0.15) is 18.0 Å². The fourth-order valence-corrected chi connectivity index (χ4v) is 1.94. The van der Waals surface area contributed by atoms with E-state index in [0.29, 0.717) is 24.7 Å². The van der Waals surface area contributed by atoms with E-state index in [0.717, 1.165) is 16.8 Å². The molecule has 0 aliphatic carbocycles. The number of benzene rings is 1. The number of hydrogen-bond acceptors (Lipinski definition) is 6. The standard InChI is InChI=1S/C15H15N5O2/c16-7-8-22-12-4-2-11(3-5-12)18-15-17-9-10-1-6-13(21)19-14(10)20-15/h1-6,9H,7-8,16H2,(H2,17,18,19,20,21). The van der Waals surface area contributed by atoms with E-state index < -0.39 is 0 Å². The van der Waals surface area contributed by atoms with E-state index in [-0.39, 0.29) is 5.56 Å². The van der Waals surface area contributed by atoms with E-state index in [1.54, 1.807) is 12.3 Å². The van der Waals surface area contributed by atoms with Gasteiger partial charge < -0.3 is 20.8 Å². The summed E-state index contributed by atoms with van der Waals surface area (Å²) in [5.41, 5.74) is 6.50. The normalized spacial score (nSPS) is 10.6. The first-order valence-electron chi connectivity index (χ1n) is 6.80. The fourth-order valence-electron chi connectivity index (χ4n) is 1.94. The molecule has 4 N–H and O–H groups in total. The average Bonchev–Trinajstić information content (AvgIpc) is 2.54. The van der Waals surface area contributed by atoms with Crippen molar-refractivity contribution in [3.8, 4) is 5.75 Å². The Hall–Kier alpha value is -2.93. The lowest BCUT2D eigenvalue weighted by Gasteiger charge is -2.07. The number of fused-ring (bicyclic) bond motifs is 1. The van der Waals surface area contributed by atoms with Gasteiger partial charge in [0, 0.05) is 29.9 Å². The number of H-pyrrole nitrogens is 1. The molecule has 0 fully saturated rings. The predicted octanol–water partition coefficient (Wildman–Crippen LogP) is 1.40. The lowest BCUT2D eigenvalue weighted by molar-refractivity contribution is 0.328. The zero-order chi connectivity index (χ0) is 15.4. The van der Waals surface area contributed by atoms with Gasteiger partial charge >= 0.3 is 0 Å². The first-order chi connectivity index (χ1) is 10.7. The van der Waals surface area contributed by atoms with Crippen molar-refractivity contribution in [2.75, 3.05) is 18.5 Å². The Balaban J connectivity index is 1.79. The van der Waals surface area contributed by atoms with Gasteiger partial charge in [0.25, 0.3) is 0 Å². The second-order valence-corrected chi connectivity index (χ2v) is 4.61. The molecule has 0 saturated heterocycles. The molecule has 1 aromatic carbocycles. The predicted molar refractivity (Wildman–Crippen MR) is 84.4 cm³/mol. The summed E-state index contributed by atoms with van der Waals surface area (Å²) in [7, 11) is 0. The molecule has 0 amide bonds. The van der Waals surface area contributed by atoms with Gasteiger partial charge in [0.15, 0.2) is 0 Å². The third-order valence-corrected chi connectivity index (χ3v) is 2.97. The SMILES string of the molecule is NCCOc1ccc(Nc2ncc3ccc(=O)[nH]c3n2)cc1. The van der Waals surface area contributed by atoms with Crippen LogP contribution in [-0.2, 0) is 0 Å². The van der Waals surface area contributed by atoms with E-state index in [9.17, 15) is 4.79 Å². The van der Waals surface area contributed by atoms with Crippen LogP contribution in [-0.4, -0.2) is 28.1 Å². The van der Waals surface area contributed by atoms with Gasteiger partial charge in [0.05, 0.1) is 0 Å². The van der Waals surface area contributed by atoms with Crippen molar-refractivity contribution in [2.24, 2.45) is 5.73 Å². The first-order valence-corrected chi connectivity index (χ1v) is 6.80. The van der Waals surface area contributed by atoms with Gasteiger partial charge in [0.2, 0.25) is 11.5 Å². The summed E-state index contributed by atoms with van der Waals surface area (Å²) >= 11 is 0. The molecule has 0 spiro atoms. The number of aromatic nitrogens is 3. The maximum absolute atomic E-state index is 11.3. The monoisotopic (exact) mass is 297 g/mol. The van der Waals surface area contributed by atoms with Crippen molar-refractivity contribution < 1.29 is 4.74 Å². The van der Waals surface area contributed by atoms with Crippen molar-refractivity contribution in [2.45, 2.75) is 0 Å². The zero-order valence-electron chi connectivity index (χ0n) is 11.7. The highest BCUT2D eigenvalue weighted by molar-refractivity contribution is 5.74. The summed E-state index contributed by atoms with van der Waals surface area (Å²) in [6.07, 6.45) is 1.65. The molecular weight excluding hydrogens is 282 g/mol. The highest BCUT2D eigenvalue weighted by Gasteiger charge is 2.02.